The van der Waals surface area contributed by atoms with Gasteiger partial charge in [0.15, 0.2) is 0 Å². The highest BCUT2D eigenvalue weighted by Crippen LogP contribution is 2.13. The molecule has 0 radical (unpaired) electrons. The van der Waals surface area contributed by atoms with E-state index in [-0.39, 0.29) is 5.91 Å². The third-order valence-electron chi connectivity index (χ3n) is 2.34. The highest BCUT2D eigenvalue weighted by atomic mass is 79.9. The molecule has 0 saturated heterocycles. The van der Waals surface area contributed by atoms with Crippen molar-refractivity contribution in [3.05, 3.63) is 44.6 Å². The fourth-order valence-electron chi connectivity index (χ4n) is 1.39. The molecule has 0 spiro atoms. The molecule has 0 saturated carbocycles. The van der Waals surface area contributed by atoms with Crippen LogP contribution in [0.1, 0.15) is 27.2 Å². The molecule has 0 aliphatic heterocycles. The molecule has 2 heterocycles. The molecule has 0 bridgehead atoms. The molecule has 0 aliphatic rings. The smallest absolute Gasteiger partial charge is 0.251 e. The van der Waals surface area contributed by atoms with Crippen molar-refractivity contribution in [2.24, 2.45) is 0 Å². The third kappa shape index (κ3) is 3.36. The normalized spacial score (nSPS) is 10.3. The van der Waals surface area contributed by atoms with Crippen LogP contribution in [-0.2, 0) is 13.0 Å². The van der Waals surface area contributed by atoms with Crippen molar-refractivity contribution in [2.75, 3.05) is 0 Å². The summed E-state index contributed by atoms with van der Waals surface area (Å²) in [6, 6.07) is 3.37. The average molecular weight is 326 g/mol. The fourth-order valence-corrected chi connectivity index (χ4v) is 2.56. The molecule has 18 heavy (non-hydrogen) atoms. The van der Waals surface area contributed by atoms with Crippen LogP contribution >= 0.6 is 27.3 Å². The molecule has 0 aromatic carbocycles. The van der Waals surface area contributed by atoms with Crippen LogP contribution in [-0.4, -0.2) is 15.9 Å². The van der Waals surface area contributed by atoms with Crippen LogP contribution in [0.25, 0.3) is 0 Å². The van der Waals surface area contributed by atoms with E-state index in [2.05, 4.69) is 38.1 Å². The largest absolute Gasteiger partial charge is 0.346 e. The Morgan fingerprint density at radius 3 is 3.00 bits per heavy atom. The van der Waals surface area contributed by atoms with Gasteiger partial charge in [0.1, 0.15) is 9.61 Å². The molecular formula is C12H12BrN3OS. The van der Waals surface area contributed by atoms with Crippen LogP contribution in [0.3, 0.4) is 0 Å². The Morgan fingerprint density at radius 1 is 1.50 bits per heavy atom. The van der Waals surface area contributed by atoms with Gasteiger partial charge in [0.05, 0.1) is 6.54 Å². The second-order valence-electron chi connectivity index (χ2n) is 3.62. The zero-order valence-electron chi connectivity index (χ0n) is 9.81. The summed E-state index contributed by atoms with van der Waals surface area (Å²) in [5.74, 6) is -0.119. The molecule has 94 valence electrons. The van der Waals surface area contributed by atoms with Crippen LogP contribution in [0.2, 0.25) is 0 Å². The van der Waals surface area contributed by atoms with Gasteiger partial charge in [0.25, 0.3) is 5.91 Å². The SMILES string of the molecule is CCc1cnc(CNC(=O)c2ccnc(Br)c2)s1. The van der Waals surface area contributed by atoms with Gasteiger partial charge in [0, 0.05) is 22.8 Å². The summed E-state index contributed by atoms with van der Waals surface area (Å²) in [6.45, 7) is 2.55. The Morgan fingerprint density at radius 2 is 2.33 bits per heavy atom. The van der Waals surface area contributed by atoms with E-state index in [4.69, 9.17) is 0 Å². The first-order chi connectivity index (χ1) is 8.69. The molecule has 1 amide bonds. The first-order valence-corrected chi connectivity index (χ1v) is 7.13. The van der Waals surface area contributed by atoms with Gasteiger partial charge < -0.3 is 5.32 Å². The molecule has 6 heteroatoms. The Hall–Kier alpha value is -1.27. The number of nitrogens with zero attached hydrogens (tertiary/aromatic N) is 2. The van der Waals surface area contributed by atoms with Gasteiger partial charge in [0.2, 0.25) is 0 Å². The zero-order valence-corrected chi connectivity index (χ0v) is 12.2. The van der Waals surface area contributed by atoms with Gasteiger partial charge >= 0.3 is 0 Å². The standard InChI is InChI=1S/C12H12BrN3OS/c1-2-9-6-15-11(18-9)7-16-12(17)8-3-4-14-10(13)5-8/h3-6H,2,7H2,1H3,(H,16,17). The summed E-state index contributed by atoms with van der Waals surface area (Å²) in [7, 11) is 0. The van der Waals surface area contributed by atoms with Gasteiger partial charge in [-0.3, -0.25) is 4.79 Å². The topological polar surface area (TPSA) is 54.9 Å². The first-order valence-electron chi connectivity index (χ1n) is 5.52. The Bertz CT molecular complexity index is 556. The van der Waals surface area contributed by atoms with Crippen molar-refractivity contribution < 1.29 is 4.79 Å². The predicted octanol–water partition coefficient (Wildman–Crippen LogP) is 2.79. The van der Waals surface area contributed by atoms with Crippen molar-refractivity contribution in [1.29, 1.82) is 0 Å². The van der Waals surface area contributed by atoms with Crippen molar-refractivity contribution in [1.82, 2.24) is 15.3 Å². The lowest BCUT2D eigenvalue weighted by atomic mass is 10.2. The van der Waals surface area contributed by atoms with Crippen LogP contribution in [0.4, 0.5) is 0 Å². The Labute approximate surface area is 118 Å². The maximum Gasteiger partial charge on any atom is 0.251 e. The number of aryl methyl sites for hydroxylation is 1. The molecule has 0 fully saturated rings. The number of rotatable bonds is 4. The summed E-state index contributed by atoms with van der Waals surface area (Å²) in [5, 5.41) is 3.76. The minimum absolute atomic E-state index is 0.119. The third-order valence-corrected chi connectivity index (χ3v) is 3.91. The second-order valence-corrected chi connectivity index (χ2v) is 5.64. The van der Waals surface area contributed by atoms with E-state index in [1.54, 1.807) is 29.7 Å². The minimum atomic E-state index is -0.119. The molecule has 4 nitrogen and oxygen atoms in total. The van der Waals surface area contributed by atoms with Crippen molar-refractivity contribution in [2.45, 2.75) is 19.9 Å². The van der Waals surface area contributed by atoms with E-state index >= 15 is 0 Å². The molecule has 2 aromatic heterocycles. The van der Waals surface area contributed by atoms with Crippen molar-refractivity contribution in [3.8, 4) is 0 Å². The Balaban J connectivity index is 1.96. The summed E-state index contributed by atoms with van der Waals surface area (Å²) < 4.78 is 0.651. The zero-order chi connectivity index (χ0) is 13.0. The lowest BCUT2D eigenvalue weighted by Crippen LogP contribution is -2.22. The molecule has 0 unspecified atom stereocenters. The molecular weight excluding hydrogens is 314 g/mol. The number of thiazole rings is 1. The molecule has 0 aliphatic carbocycles. The van der Waals surface area contributed by atoms with Gasteiger partial charge in [-0.1, -0.05) is 6.92 Å². The molecule has 1 N–H and O–H groups in total. The van der Waals surface area contributed by atoms with Gasteiger partial charge in [-0.05, 0) is 34.5 Å². The van der Waals surface area contributed by atoms with Crippen LogP contribution in [0.5, 0.6) is 0 Å². The van der Waals surface area contributed by atoms with E-state index in [0.717, 1.165) is 11.4 Å². The summed E-state index contributed by atoms with van der Waals surface area (Å²) in [6.07, 6.45) is 4.43. The quantitative estimate of drug-likeness (QED) is 0.879. The second kappa shape index (κ2) is 6.06. The highest BCUT2D eigenvalue weighted by Gasteiger charge is 2.07. The number of carbonyl (C=O) groups excluding carboxylic acids is 1. The van der Waals surface area contributed by atoms with Gasteiger partial charge in [-0.2, -0.15) is 0 Å². The van der Waals surface area contributed by atoms with E-state index in [9.17, 15) is 4.79 Å². The number of carbonyl (C=O) groups is 1. The number of hydrogen-bond donors (Lipinski definition) is 1. The van der Waals surface area contributed by atoms with E-state index < -0.39 is 0 Å². The predicted molar refractivity (Wildman–Crippen MR) is 74.6 cm³/mol. The molecule has 2 rings (SSSR count). The van der Waals surface area contributed by atoms with Crippen LogP contribution < -0.4 is 5.32 Å². The van der Waals surface area contributed by atoms with Crippen LogP contribution in [0, 0.1) is 0 Å². The first kappa shape index (κ1) is 13.2. The van der Waals surface area contributed by atoms with E-state index in [1.165, 1.54) is 4.88 Å². The van der Waals surface area contributed by atoms with Gasteiger partial charge in [-0.25, -0.2) is 9.97 Å². The minimum Gasteiger partial charge on any atom is -0.346 e. The number of hydrogen-bond acceptors (Lipinski definition) is 4. The molecule has 2 aromatic rings. The van der Waals surface area contributed by atoms with Crippen LogP contribution in [0.15, 0.2) is 29.1 Å². The number of aromatic nitrogens is 2. The maximum atomic E-state index is 11.9. The monoisotopic (exact) mass is 325 g/mol. The lowest BCUT2D eigenvalue weighted by Gasteiger charge is -2.02. The van der Waals surface area contributed by atoms with Crippen molar-refractivity contribution in [3.63, 3.8) is 0 Å². The summed E-state index contributed by atoms with van der Waals surface area (Å²) in [4.78, 5) is 21.3. The number of halogens is 1. The number of nitrogens with one attached hydrogen (secondary N) is 1. The summed E-state index contributed by atoms with van der Waals surface area (Å²) >= 11 is 4.86. The van der Waals surface area contributed by atoms with E-state index in [0.29, 0.717) is 16.7 Å². The Kier molecular flexibility index (Phi) is 4.43. The summed E-state index contributed by atoms with van der Waals surface area (Å²) in [5.41, 5.74) is 0.587. The maximum absolute atomic E-state index is 11.9. The van der Waals surface area contributed by atoms with E-state index in [1.807, 2.05) is 6.20 Å². The van der Waals surface area contributed by atoms with Crippen molar-refractivity contribution >= 4 is 33.2 Å². The lowest BCUT2D eigenvalue weighted by molar-refractivity contribution is 0.0950. The average Bonchev–Trinajstić information content (AvgIpc) is 2.84. The highest BCUT2D eigenvalue weighted by molar-refractivity contribution is 9.10. The van der Waals surface area contributed by atoms with Gasteiger partial charge in [-0.15, -0.1) is 11.3 Å². The molecule has 0 atom stereocenters. The number of amides is 1. The fraction of sp³-hybridized carbons (Fsp3) is 0.250. The number of pyridine rings is 1.